The SMILES string of the molecule is CCNC(=NCC(C)Cn1cccn1)NCCCOC.I. The minimum atomic E-state index is 0. The largest absolute Gasteiger partial charge is 0.385 e. The summed E-state index contributed by atoms with van der Waals surface area (Å²) in [5, 5.41) is 10.8. The summed E-state index contributed by atoms with van der Waals surface area (Å²) < 4.78 is 6.97. The molecule has 6 nitrogen and oxygen atoms in total. The van der Waals surface area contributed by atoms with Crippen LogP contribution in [-0.4, -0.2) is 49.1 Å². The fourth-order valence-corrected chi connectivity index (χ4v) is 1.80. The van der Waals surface area contributed by atoms with E-state index in [4.69, 9.17) is 4.74 Å². The lowest BCUT2D eigenvalue weighted by Crippen LogP contribution is -2.38. The Bertz CT molecular complexity index is 369. The third kappa shape index (κ3) is 9.67. The molecule has 0 saturated heterocycles. The first kappa shape index (κ1) is 20.2. The smallest absolute Gasteiger partial charge is 0.191 e. The first-order valence-corrected chi connectivity index (χ1v) is 7.24. The van der Waals surface area contributed by atoms with Crippen LogP contribution in [0.25, 0.3) is 0 Å². The maximum absolute atomic E-state index is 5.03. The number of hydrogen-bond acceptors (Lipinski definition) is 3. The average Bonchev–Trinajstić information content (AvgIpc) is 2.93. The fraction of sp³-hybridized carbons (Fsp3) is 0.714. The van der Waals surface area contributed by atoms with Crippen LogP contribution in [0.2, 0.25) is 0 Å². The Morgan fingerprint density at radius 2 is 2.24 bits per heavy atom. The van der Waals surface area contributed by atoms with E-state index in [1.54, 1.807) is 13.3 Å². The zero-order chi connectivity index (χ0) is 14.6. The molecule has 21 heavy (non-hydrogen) atoms. The molecule has 0 aliphatic heterocycles. The van der Waals surface area contributed by atoms with E-state index in [0.29, 0.717) is 5.92 Å². The lowest BCUT2D eigenvalue weighted by atomic mass is 10.2. The molecule has 122 valence electrons. The molecular formula is C14H28IN5O. The second-order valence-electron chi connectivity index (χ2n) is 4.83. The Hall–Kier alpha value is -0.830. The molecule has 1 rings (SSSR count). The summed E-state index contributed by atoms with van der Waals surface area (Å²) in [7, 11) is 1.72. The summed E-state index contributed by atoms with van der Waals surface area (Å²) in [6.07, 6.45) is 4.76. The Morgan fingerprint density at radius 3 is 2.86 bits per heavy atom. The van der Waals surface area contributed by atoms with Gasteiger partial charge in [0.25, 0.3) is 0 Å². The van der Waals surface area contributed by atoms with Gasteiger partial charge < -0.3 is 15.4 Å². The molecule has 1 aromatic rings. The van der Waals surface area contributed by atoms with Crippen LogP contribution in [0.4, 0.5) is 0 Å². The second kappa shape index (κ2) is 12.9. The summed E-state index contributed by atoms with van der Waals surface area (Å²) in [5.74, 6) is 1.32. The predicted octanol–water partition coefficient (Wildman–Crippen LogP) is 1.73. The predicted molar refractivity (Wildman–Crippen MR) is 97.3 cm³/mol. The number of rotatable bonds is 9. The number of nitrogens with zero attached hydrogens (tertiary/aromatic N) is 3. The van der Waals surface area contributed by atoms with Crippen LogP contribution in [0.5, 0.6) is 0 Å². The lowest BCUT2D eigenvalue weighted by molar-refractivity contribution is 0.195. The van der Waals surface area contributed by atoms with Gasteiger partial charge in [0.05, 0.1) is 0 Å². The van der Waals surface area contributed by atoms with Gasteiger partial charge in [0.15, 0.2) is 5.96 Å². The Kier molecular flexibility index (Phi) is 12.4. The molecule has 0 amide bonds. The molecule has 1 aromatic heterocycles. The molecule has 1 atom stereocenters. The van der Waals surface area contributed by atoms with Gasteiger partial charge >= 0.3 is 0 Å². The van der Waals surface area contributed by atoms with Crippen molar-refractivity contribution in [2.75, 3.05) is 33.4 Å². The topological polar surface area (TPSA) is 63.5 Å². The average molecular weight is 409 g/mol. The van der Waals surface area contributed by atoms with Gasteiger partial charge in [0.2, 0.25) is 0 Å². The Balaban J connectivity index is 0.00000400. The van der Waals surface area contributed by atoms with E-state index in [1.807, 2.05) is 16.9 Å². The van der Waals surface area contributed by atoms with Crippen molar-refractivity contribution in [3.8, 4) is 0 Å². The molecule has 0 radical (unpaired) electrons. The van der Waals surface area contributed by atoms with Crippen molar-refractivity contribution in [1.82, 2.24) is 20.4 Å². The molecule has 1 unspecified atom stereocenters. The van der Waals surface area contributed by atoms with Gasteiger partial charge in [-0.05, 0) is 25.3 Å². The molecule has 0 aliphatic rings. The number of halogens is 1. The first-order chi connectivity index (χ1) is 9.76. The number of nitrogens with one attached hydrogen (secondary N) is 2. The molecule has 0 aromatic carbocycles. The maximum Gasteiger partial charge on any atom is 0.191 e. The zero-order valence-electron chi connectivity index (χ0n) is 13.2. The van der Waals surface area contributed by atoms with E-state index >= 15 is 0 Å². The number of aromatic nitrogens is 2. The van der Waals surface area contributed by atoms with E-state index in [9.17, 15) is 0 Å². The van der Waals surface area contributed by atoms with Gasteiger partial charge in [-0.1, -0.05) is 6.92 Å². The molecule has 0 saturated carbocycles. The molecule has 2 N–H and O–H groups in total. The Morgan fingerprint density at radius 1 is 1.43 bits per heavy atom. The monoisotopic (exact) mass is 409 g/mol. The third-order valence-corrected chi connectivity index (χ3v) is 2.78. The van der Waals surface area contributed by atoms with E-state index in [2.05, 4.69) is 34.6 Å². The summed E-state index contributed by atoms with van der Waals surface area (Å²) in [6, 6.07) is 1.94. The third-order valence-electron chi connectivity index (χ3n) is 2.78. The minimum Gasteiger partial charge on any atom is -0.385 e. The fourth-order valence-electron chi connectivity index (χ4n) is 1.80. The number of ether oxygens (including phenoxy) is 1. The van der Waals surface area contributed by atoms with Gasteiger partial charge in [0.1, 0.15) is 0 Å². The van der Waals surface area contributed by atoms with Crippen LogP contribution < -0.4 is 10.6 Å². The summed E-state index contributed by atoms with van der Waals surface area (Å²) in [5.41, 5.74) is 0. The molecule has 0 spiro atoms. The highest BCUT2D eigenvalue weighted by atomic mass is 127. The van der Waals surface area contributed by atoms with Crippen molar-refractivity contribution < 1.29 is 4.74 Å². The van der Waals surface area contributed by atoms with Crippen LogP contribution in [-0.2, 0) is 11.3 Å². The molecule has 0 fully saturated rings. The van der Waals surface area contributed by atoms with E-state index in [-0.39, 0.29) is 24.0 Å². The summed E-state index contributed by atoms with van der Waals surface area (Å²) >= 11 is 0. The first-order valence-electron chi connectivity index (χ1n) is 7.24. The number of guanidine groups is 1. The summed E-state index contributed by atoms with van der Waals surface area (Å²) in [6.45, 7) is 8.41. The van der Waals surface area contributed by atoms with E-state index < -0.39 is 0 Å². The van der Waals surface area contributed by atoms with Gasteiger partial charge in [-0.2, -0.15) is 5.10 Å². The van der Waals surface area contributed by atoms with E-state index in [1.165, 1.54) is 0 Å². The maximum atomic E-state index is 5.03. The lowest BCUT2D eigenvalue weighted by Gasteiger charge is -2.13. The van der Waals surface area contributed by atoms with Crippen LogP contribution in [0, 0.1) is 5.92 Å². The van der Waals surface area contributed by atoms with Crippen molar-refractivity contribution in [3.63, 3.8) is 0 Å². The van der Waals surface area contributed by atoms with Gasteiger partial charge in [-0.15, -0.1) is 24.0 Å². The van der Waals surface area contributed by atoms with Crippen LogP contribution in [0.15, 0.2) is 23.5 Å². The van der Waals surface area contributed by atoms with Gasteiger partial charge in [-0.3, -0.25) is 9.67 Å². The summed E-state index contributed by atoms with van der Waals surface area (Å²) in [4.78, 5) is 4.60. The standard InChI is InChI=1S/C14H27N5O.HI/c1-4-15-14(16-7-6-10-20-3)17-11-13(2)12-19-9-5-8-18-19;/h5,8-9,13H,4,6-7,10-12H2,1-3H3,(H2,15,16,17);1H. The quantitative estimate of drug-likeness (QED) is 0.282. The highest BCUT2D eigenvalue weighted by Gasteiger charge is 2.04. The zero-order valence-corrected chi connectivity index (χ0v) is 15.5. The second-order valence-corrected chi connectivity index (χ2v) is 4.83. The van der Waals surface area contributed by atoms with Crippen molar-refractivity contribution in [2.45, 2.75) is 26.8 Å². The van der Waals surface area contributed by atoms with E-state index in [0.717, 1.165) is 45.2 Å². The Labute approximate surface area is 144 Å². The number of methoxy groups -OCH3 is 1. The molecule has 7 heteroatoms. The molecule has 1 heterocycles. The minimum absolute atomic E-state index is 0. The van der Waals surface area contributed by atoms with Crippen molar-refractivity contribution in [2.24, 2.45) is 10.9 Å². The highest BCUT2D eigenvalue weighted by molar-refractivity contribution is 14.0. The number of aliphatic imine (C=N–C) groups is 1. The van der Waals surface area contributed by atoms with Crippen LogP contribution >= 0.6 is 24.0 Å². The molecule has 0 aliphatic carbocycles. The highest BCUT2D eigenvalue weighted by Crippen LogP contribution is 2.00. The van der Waals surface area contributed by atoms with Gasteiger partial charge in [-0.25, -0.2) is 0 Å². The van der Waals surface area contributed by atoms with Crippen molar-refractivity contribution >= 4 is 29.9 Å². The normalized spacial score (nSPS) is 12.6. The van der Waals surface area contributed by atoms with Gasteiger partial charge in [0, 0.05) is 52.3 Å². The van der Waals surface area contributed by atoms with Crippen LogP contribution in [0.3, 0.4) is 0 Å². The molecule has 0 bridgehead atoms. The van der Waals surface area contributed by atoms with Crippen molar-refractivity contribution in [1.29, 1.82) is 0 Å². The van der Waals surface area contributed by atoms with Crippen LogP contribution in [0.1, 0.15) is 20.3 Å². The van der Waals surface area contributed by atoms with Crippen molar-refractivity contribution in [3.05, 3.63) is 18.5 Å². The number of hydrogen-bond donors (Lipinski definition) is 2. The molecular weight excluding hydrogens is 381 g/mol.